The number of aromatic nitrogens is 1. The molecule has 0 aliphatic carbocycles. The zero-order valence-electron chi connectivity index (χ0n) is 11.0. The van der Waals surface area contributed by atoms with Crippen molar-refractivity contribution in [1.29, 1.82) is 0 Å². The highest BCUT2D eigenvalue weighted by atomic mass is 19.4. The SMILES string of the molecule is CCOC(=O)c1oc(CCC(C)C)nc1C(F)(F)F. The van der Waals surface area contributed by atoms with Crippen LogP contribution in [-0.2, 0) is 17.3 Å². The number of oxazole rings is 1. The molecule has 0 atom stereocenters. The molecule has 1 heterocycles. The summed E-state index contributed by atoms with van der Waals surface area (Å²) in [4.78, 5) is 14.8. The van der Waals surface area contributed by atoms with Crippen LogP contribution in [0.25, 0.3) is 0 Å². The van der Waals surface area contributed by atoms with E-state index in [0.717, 1.165) is 0 Å². The third kappa shape index (κ3) is 4.25. The molecule has 0 aliphatic heterocycles. The van der Waals surface area contributed by atoms with Crippen LogP contribution in [0.2, 0.25) is 0 Å². The Kier molecular flexibility index (Phi) is 4.97. The summed E-state index contributed by atoms with van der Waals surface area (Å²) in [6.45, 7) is 5.33. The number of hydrogen-bond acceptors (Lipinski definition) is 4. The van der Waals surface area contributed by atoms with Gasteiger partial charge in [-0.1, -0.05) is 13.8 Å². The average molecular weight is 279 g/mol. The zero-order valence-corrected chi connectivity index (χ0v) is 11.0. The van der Waals surface area contributed by atoms with Crippen molar-refractivity contribution >= 4 is 5.97 Å². The summed E-state index contributed by atoms with van der Waals surface area (Å²) in [7, 11) is 0. The predicted molar refractivity (Wildman–Crippen MR) is 60.6 cm³/mol. The van der Waals surface area contributed by atoms with Gasteiger partial charge in [0, 0.05) is 6.42 Å². The first kappa shape index (κ1) is 15.5. The van der Waals surface area contributed by atoms with Gasteiger partial charge in [-0.25, -0.2) is 9.78 Å². The second-order valence-electron chi connectivity index (χ2n) is 4.44. The molecule has 7 heteroatoms. The van der Waals surface area contributed by atoms with Crippen LogP contribution in [-0.4, -0.2) is 17.6 Å². The van der Waals surface area contributed by atoms with E-state index in [9.17, 15) is 18.0 Å². The molecule has 0 unspecified atom stereocenters. The van der Waals surface area contributed by atoms with Crippen LogP contribution in [0.5, 0.6) is 0 Å². The molecule has 1 aromatic rings. The number of nitrogens with zero attached hydrogens (tertiary/aromatic N) is 1. The van der Waals surface area contributed by atoms with Gasteiger partial charge in [0.05, 0.1) is 6.61 Å². The Morgan fingerprint density at radius 1 is 1.42 bits per heavy atom. The van der Waals surface area contributed by atoms with Crippen LogP contribution in [0.1, 0.15) is 49.3 Å². The van der Waals surface area contributed by atoms with Gasteiger partial charge in [0.25, 0.3) is 0 Å². The van der Waals surface area contributed by atoms with E-state index in [2.05, 4.69) is 9.72 Å². The van der Waals surface area contributed by atoms with E-state index in [4.69, 9.17) is 4.42 Å². The Bertz CT molecular complexity index is 438. The second kappa shape index (κ2) is 6.08. The molecule has 0 saturated carbocycles. The minimum atomic E-state index is -4.73. The molecular formula is C12H16F3NO3. The predicted octanol–water partition coefficient (Wildman–Crippen LogP) is 3.46. The van der Waals surface area contributed by atoms with Crippen molar-refractivity contribution in [3.05, 3.63) is 17.3 Å². The first-order chi connectivity index (χ1) is 8.75. The smallest absolute Gasteiger partial charge is 0.437 e. The molecule has 108 valence electrons. The van der Waals surface area contributed by atoms with Gasteiger partial charge in [0.2, 0.25) is 5.76 Å². The lowest BCUT2D eigenvalue weighted by Gasteiger charge is -2.03. The van der Waals surface area contributed by atoms with Crippen molar-refractivity contribution < 1.29 is 27.1 Å². The van der Waals surface area contributed by atoms with Crippen molar-refractivity contribution in [3.8, 4) is 0 Å². The molecule has 0 amide bonds. The normalized spacial score (nSPS) is 11.9. The lowest BCUT2D eigenvalue weighted by Crippen LogP contribution is -2.14. The Hall–Kier alpha value is -1.53. The largest absolute Gasteiger partial charge is 0.460 e. The van der Waals surface area contributed by atoms with Crippen LogP contribution in [0.15, 0.2) is 4.42 Å². The Balaban J connectivity index is 3.02. The Labute approximate surface area is 109 Å². The van der Waals surface area contributed by atoms with Crippen molar-refractivity contribution in [2.45, 2.75) is 39.8 Å². The highest BCUT2D eigenvalue weighted by Gasteiger charge is 2.41. The summed E-state index contributed by atoms with van der Waals surface area (Å²) in [5.41, 5.74) is -1.32. The maximum atomic E-state index is 12.7. The molecule has 1 aromatic heterocycles. The molecule has 0 radical (unpaired) electrons. The van der Waals surface area contributed by atoms with Gasteiger partial charge in [-0.15, -0.1) is 0 Å². The molecule has 0 aliphatic rings. The lowest BCUT2D eigenvalue weighted by molar-refractivity contribution is -0.141. The monoisotopic (exact) mass is 279 g/mol. The minimum Gasteiger partial charge on any atom is -0.460 e. The summed E-state index contributed by atoms with van der Waals surface area (Å²) in [6.07, 6.45) is -3.86. The van der Waals surface area contributed by atoms with Crippen LogP contribution in [0, 0.1) is 5.92 Å². The number of hydrogen-bond donors (Lipinski definition) is 0. The van der Waals surface area contributed by atoms with E-state index < -0.39 is 23.6 Å². The molecule has 0 spiro atoms. The number of ether oxygens (including phenoxy) is 1. The Morgan fingerprint density at radius 2 is 2.05 bits per heavy atom. The van der Waals surface area contributed by atoms with Gasteiger partial charge in [0.1, 0.15) is 0 Å². The van der Waals surface area contributed by atoms with E-state index in [1.54, 1.807) is 0 Å². The number of carbonyl (C=O) groups is 1. The van der Waals surface area contributed by atoms with E-state index in [0.29, 0.717) is 12.3 Å². The number of esters is 1. The van der Waals surface area contributed by atoms with Crippen molar-refractivity contribution in [2.75, 3.05) is 6.61 Å². The molecule has 0 aromatic carbocycles. The van der Waals surface area contributed by atoms with E-state index >= 15 is 0 Å². The first-order valence-corrected chi connectivity index (χ1v) is 5.99. The van der Waals surface area contributed by atoms with E-state index in [-0.39, 0.29) is 18.9 Å². The molecule has 0 bridgehead atoms. The summed E-state index contributed by atoms with van der Waals surface area (Å²) in [6, 6.07) is 0. The van der Waals surface area contributed by atoms with Crippen LogP contribution in [0.4, 0.5) is 13.2 Å². The van der Waals surface area contributed by atoms with Gasteiger partial charge >= 0.3 is 12.1 Å². The number of rotatable bonds is 5. The standard InChI is InChI=1S/C12H16F3NO3/c1-4-18-11(17)9-10(12(13,14)15)16-8(19-9)6-5-7(2)3/h7H,4-6H2,1-3H3. The molecular weight excluding hydrogens is 263 g/mol. The lowest BCUT2D eigenvalue weighted by atomic mass is 10.1. The van der Waals surface area contributed by atoms with Crippen molar-refractivity contribution in [1.82, 2.24) is 4.98 Å². The summed E-state index contributed by atoms with van der Waals surface area (Å²) in [5, 5.41) is 0. The van der Waals surface area contributed by atoms with Gasteiger partial charge in [-0.2, -0.15) is 13.2 Å². The molecule has 4 nitrogen and oxygen atoms in total. The maximum absolute atomic E-state index is 12.7. The molecule has 1 rings (SSSR count). The Morgan fingerprint density at radius 3 is 2.53 bits per heavy atom. The van der Waals surface area contributed by atoms with E-state index in [1.807, 2.05) is 13.8 Å². The third-order valence-electron chi connectivity index (χ3n) is 2.34. The highest BCUT2D eigenvalue weighted by Crippen LogP contribution is 2.32. The number of carbonyl (C=O) groups excluding carboxylic acids is 1. The molecule has 0 N–H and O–H groups in total. The van der Waals surface area contributed by atoms with Crippen LogP contribution in [0.3, 0.4) is 0 Å². The fourth-order valence-corrected chi connectivity index (χ4v) is 1.41. The topological polar surface area (TPSA) is 52.3 Å². The number of halogens is 3. The average Bonchev–Trinajstić information content (AvgIpc) is 2.70. The quantitative estimate of drug-likeness (QED) is 0.774. The van der Waals surface area contributed by atoms with Gasteiger partial charge < -0.3 is 9.15 Å². The van der Waals surface area contributed by atoms with Crippen molar-refractivity contribution in [3.63, 3.8) is 0 Å². The van der Waals surface area contributed by atoms with E-state index in [1.165, 1.54) is 6.92 Å². The van der Waals surface area contributed by atoms with Gasteiger partial charge in [0.15, 0.2) is 11.6 Å². The summed E-state index contributed by atoms with van der Waals surface area (Å²) in [5.74, 6) is -1.80. The fourth-order valence-electron chi connectivity index (χ4n) is 1.41. The minimum absolute atomic E-state index is 0.0296. The number of alkyl halides is 3. The second-order valence-corrected chi connectivity index (χ2v) is 4.44. The third-order valence-corrected chi connectivity index (χ3v) is 2.34. The van der Waals surface area contributed by atoms with Crippen molar-refractivity contribution in [2.24, 2.45) is 5.92 Å². The fraction of sp³-hybridized carbons (Fsp3) is 0.667. The summed E-state index contributed by atoms with van der Waals surface area (Å²) < 4.78 is 47.6. The zero-order chi connectivity index (χ0) is 14.6. The number of aryl methyl sites for hydroxylation is 1. The van der Waals surface area contributed by atoms with Gasteiger partial charge in [-0.05, 0) is 19.3 Å². The maximum Gasteiger partial charge on any atom is 0.437 e. The molecule has 0 saturated heterocycles. The van der Waals surface area contributed by atoms with Gasteiger partial charge in [-0.3, -0.25) is 0 Å². The summed E-state index contributed by atoms with van der Waals surface area (Å²) >= 11 is 0. The molecule has 19 heavy (non-hydrogen) atoms. The van der Waals surface area contributed by atoms with Crippen LogP contribution < -0.4 is 0 Å². The highest BCUT2D eigenvalue weighted by molar-refractivity contribution is 5.87. The molecule has 0 fully saturated rings. The first-order valence-electron chi connectivity index (χ1n) is 5.99. The van der Waals surface area contributed by atoms with Crippen LogP contribution >= 0.6 is 0 Å².